The van der Waals surface area contributed by atoms with E-state index in [-0.39, 0.29) is 23.6 Å². The Morgan fingerprint density at radius 2 is 1.70 bits per heavy atom. The SMILES string of the molecule is CC(C)c1cccc(C(C)C)c1N1C(=S)N[C@H]2CS(=O)(=O)C[C@H]21. The Morgan fingerprint density at radius 1 is 1.13 bits per heavy atom. The molecule has 2 saturated heterocycles. The summed E-state index contributed by atoms with van der Waals surface area (Å²) in [5, 5.41) is 3.89. The van der Waals surface area contributed by atoms with Crippen molar-refractivity contribution in [3.63, 3.8) is 0 Å². The molecule has 0 spiro atoms. The van der Waals surface area contributed by atoms with Gasteiger partial charge in [0.05, 0.1) is 29.3 Å². The first kappa shape index (κ1) is 16.7. The molecule has 0 amide bonds. The number of rotatable bonds is 3. The molecular weight excluding hydrogens is 328 g/mol. The summed E-state index contributed by atoms with van der Waals surface area (Å²) < 4.78 is 24.1. The monoisotopic (exact) mass is 352 g/mol. The first-order valence-electron chi connectivity index (χ1n) is 8.14. The van der Waals surface area contributed by atoms with Crippen molar-refractivity contribution in [1.82, 2.24) is 5.32 Å². The molecular formula is C17H24N2O2S2. The number of anilines is 1. The van der Waals surface area contributed by atoms with Crippen LogP contribution in [0.1, 0.15) is 50.7 Å². The fraction of sp³-hybridized carbons (Fsp3) is 0.588. The predicted molar refractivity (Wildman–Crippen MR) is 99.1 cm³/mol. The summed E-state index contributed by atoms with van der Waals surface area (Å²) in [6, 6.07) is 6.16. The second-order valence-corrected chi connectivity index (χ2v) is 9.71. The van der Waals surface area contributed by atoms with Crippen molar-refractivity contribution < 1.29 is 8.42 Å². The maximum atomic E-state index is 12.1. The van der Waals surface area contributed by atoms with Crippen molar-refractivity contribution in [1.29, 1.82) is 0 Å². The molecule has 23 heavy (non-hydrogen) atoms. The highest BCUT2D eigenvalue weighted by Gasteiger charge is 2.48. The molecule has 2 aliphatic heterocycles. The molecule has 6 heteroatoms. The standard InChI is InChI=1S/C17H24N2O2S2/c1-10(2)12-6-5-7-13(11(3)4)16(12)19-15-9-23(20,21)8-14(15)18-17(19)22/h5-7,10-11,14-15H,8-9H2,1-4H3,(H,18,22)/t14-,15+/m0/s1. The van der Waals surface area contributed by atoms with E-state index in [4.69, 9.17) is 12.2 Å². The topological polar surface area (TPSA) is 49.4 Å². The molecule has 0 aromatic heterocycles. The van der Waals surface area contributed by atoms with Crippen molar-refractivity contribution in [3.05, 3.63) is 29.3 Å². The van der Waals surface area contributed by atoms with Gasteiger partial charge >= 0.3 is 0 Å². The zero-order valence-corrected chi connectivity index (χ0v) is 15.7. The highest BCUT2D eigenvalue weighted by Crippen LogP contribution is 2.39. The van der Waals surface area contributed by atoms with Crippen LogP contribution in [0, 0.1) is 0 Å². The van der Waals surface area contributed by atoms with Gasteiger partial charge < -0.3 is 10.2 Å². The smallest absolute Gasteiger partial charge is 0.174 e. The van der Waals surface area contributed by atoms with Gasteiger partial charge in [-0.15, -0.1) is 0 Å². The molecule has 1 N–H and O–H groups in total. The van der Waals surface area contributed by atoms with Crippen LogP contribution in [-0.2, 0) is 9.84 Å². The molecule has 0 radical (unpaired) electrons. The third-order valence-corrected chi connectivity index (χ3v) is 6.80. The maximum Gasteiger partial charge on any atom is 0.174 e. The fourth-order valence-electron chi connectivity index (χ4n) is 3.66. The molecule has 0 saturated carbocycles. The second kappa shape index (κ2) is 5.74. The average molecular weight is 353 g/mol. The molecule has 2 fully saturated rings. The summed E-state index contributed by atoms with van der Waals surface area (Å²) in [5.74, 6) is 1.05. The van der Waals surface area contributed by atoms with E-state index in [2.05, 4.69) is 56.1 Å². The minimum absolute atomic E-state index is 0.0901. The summed E-state index contributed by atoms with van der Waals surface area (Å²) in [6.07, 6.45) is 0. The van der Waals surface area contributed by atoms with Crippen LogP contribution in [0.3, 0.4) is 0 Å². The lowest BCUT2D eigenvalue weighted by atomic mass is 9.91. The lowest BCUT2D eigenvalue weighted by Gasteiger charge is -2.30. The first-order valence-corrected chi connectivity index (χ1v) is 10.4. The molecule has 2 aliphatic rings. The van der Waals surface area contributed by atoms with E-state index in [0.29, 0.717) is 16.9 Å². The predicted octanol–water partition coefficient (Wildman–Crippen LogP) is 2.79. The maximum absolute atomic E-state index is 12.1. The van der Waals surface area contributed by atoms with Gasteiger partial charge in [-0.05, 0) is 35.2 Å². The van der Waals surface area contributed by atoms with Gasteiger partial charge in [-0.25, -0.2) is 8.42 Å². The van der Waals surface area contributed by atoms with E-state index >= 15 is 0 Å². The lowest BCUT2D eigenvalue weighted by Crippen LogP contribution is -2.38. The molecule has 4 nitrogen and oxygen atoms in total. The van der Waals surface area contributed by atoms with Crippen LogP contribution >= 0.6 is 12.2 Å². The number of fused-ring (bicyclic) bond motifs is 1. The van der Waals surface area contributed by atoms with Crippen LogP contribution < -0.4 is 10.2 Å². The normalized spacial score (nSPS) is 26.0. The molecule has 0 aliphatic carbocycles. The first-order chi connectivity index (χ1) is 10.7. The Morgan fingerprint density at radius 3 is 2.22 bits per heavy atom. The van der Waals surface area contributed by atoms with Gasteiger partial charge in [-0.1, -0.05) is 45.9 Å². The second-order valence-electron chi connectivity index (χ2n) is 7.16. The summed E-state index contributed by atoms with van der Waals surface area (Å²) in [7, 11) is -3.00. The van der Waals surface area contributed by atoms with Gasteiger partial charge in [0.15, 0.2) is 14.9 Å². The summed E-state index contributed by atoms with van der Waals surface area (Å²) >= 11 is 5.56. The van der Waals surface area contributed by atoms with Crippen molar-refractivity contribution in [2.75, 3.05) is 16.4 Å². The number of hydrogen-bond donors (Lipinski definition) is 1. The highest BCUT2D eigenvalue weighted by molar-refractivity contribution is 7.91. The number of sulfone groups is 1. The molecule has 2 atom stereocenters. The number of thiocarbonyl (C=S) groups is 1. The Kier molecular flexibility index (Phi) is 4.17. The van der Waals surface area contributed by atoms with Crippen molar-refractivity contribution in [2.24, 2.45) is 0 Å². The van der Waals surface area contributed by atoms with Crippen LogP contribution in [0.15, 0.2) is 18.2 Å². The van der Waals surface area contributed by atoms with E-state index in [1.807, 2.05) is 0 Å². The zero-order valence-electron chi connectivity index (χ0n) is 14.0. The molecule has 0 unspecified atom stereocenters. The van der Waals surface area contributed by atoms with Gasteiger partial charge in [0.2, 0.25) is 0 Å². The minimum Gasteiger partial charge on any atom is -0.356 e. The molecule has 126 valence electrons. The third-order valence-electron chi connectivity index (χ3n) is 4.77. The quantitative estimate of drug-likeness (QED) is 0.848. The number of nitrogens with zero attached hydrogens (tertiary/aromatic N) is 1. The average Bonchev–Trinajstić information content (AvgIpc) is 2.87. The van der Waals surface area contributed by atoms with Gasteiger partial charge in [0, 0.05) is 0 Å². The van der Waals surface area contributed by atoms with Gasteiger partial charge in [0.1, 0.15) is 0 Å². The number of hydrogen-bond acceptors (Lipinski definition) is 3. The van der Waals surface area contributed by atoms with Crippen LogP contribution in [0.25, 0.3) is 0 Å². The van der Waals surface area contributed by atoms with Crippen LogP contribution in [-0.4, -0.2) is 37.1 Å². The summed E-state index contributed by atoms with van der Waals surface area (Å²) in [5.41, 5.74) is 3.56. The van der Waals surface area contributed by atoms with Crippen molar-refractivity contribution in [3.8, 4) is 0 Å². The Labute approximate surface area is 144 Å². The Balaban J connectivity index is 2.15. The largest absolute Gasteiger partial charge is 0.356 e. The van der Waals surface area contributed by atoms with Gasteiger partial charge in [0.25, 0.3) is 0 Å². The van der Waals surface area contributed by atoms with Crippen LogP contribution in [0.5, 0.6) is 0 Å². The van der Waals surface area contributed by atoms with Crippen molar-refractivity contribution in [2.45, 2.75) is 51.6 Å². The number of nitrogens with one attached hydrogen (secondary N) is 1. The number of benzene rings is 1. The van der Waals surface area contributed by atoms with E-state index in [1.165, 1.54) is 11.1 Å². The van der Waals surface area contributed by atoms with Gasteiger partial charge in [-0.2, -0.15) is 0 Å². The molecule has 1 aromatic rings. The summed E-state index contributed by atoms with van der Waals surface area (Å²) in [4.78, 5) is 2.08. The van der Waals surface area contributed by atoms with E-state index in [0.717, 1.165) is 5.69 Å². The lowest BCUT2D eigenvalue weighted by molar-refractivity contribution is 0.600. The summed E-state index contributed by atoms with van der Waals surface area (Å²) in [6.45, 7) is 8.66. The van der Waals surface area contributed by atoms with Crippen LogP contribution in [0.4, 0.5) is 5.69 Å². The zero-order chi connectivity index (χ0) is 16.9. The van der Waals surface area contributed by atoms with Crippen molar-refractivity contribution >= 4 is 32.9 Å². The fourth-order valence-corrected chi connectivity index (χ4v) is 5.93. The van der Waals surface area contributed by atoms with E-state index in [1.54, 1.807) is 0 Å². The number of para-hydroxylation sites is 1. The molecule has 1 aromatic carbocycles. The highest BCUT2D eigenvalue weighted by atomic mass is 32.2. The van der Waals surface area contributed by atoms with Gasteiger partial charge in [-0.3, -0.25) is 0 Å². The van der Waals surface area contributed by atoms with E-state index in [9.17, 15) is 8.42 Å². The molecule has 0 bridgehead atoms. The van der Waals surface area contributed by atoms with E-state index < -0.39 is 9.84 Å². The van der Waals surface area contributed by atoms with Crippen LogP contribution in [0.2, 0.25) is 0 Å². The third kappa shape index (κ3) is 2.87. The molecule has 3 rings (SSSR count). The Hall–Kier alpha value is -1.14. The Bertz CT molecular complexity index is 715. The minimum atomic E-state index is -3.00. The molecule has 2 heterocycles.